The number of rotatable bonds is 7. The molecule has 2 aromatic carbocycles. The van der Waals surface area contributed by atoms with Crippen LogP contribution in [0.4, 0.5) is 17.1 Å². The first-order valence-electron chi connectivity index (χ1n) is 9.67. The standard InChI is InChI=1S/C21H25N3O5/c1-3-15(2)29-18-6-4-5-16(13-18)21(25)22-19-8-7-17(24(26)27)14-20(19)23-9-11-28-12-10-23/h4-8,13-15H,3,9-12H2,1-2H3,(H,22,25)/t15-/m0/s1. The molecule has 1 aliphatic heterocycles. The summed E-state index contributed by atoms with van der Waals surface area (Å²) in [6.45, 7) is 6.27. The highest BCUT2D eigenvalue weighted by Crippen LogP contribution is 2.31. The Hall–Kier alpha value is -3.13. The van der Waals surface area contributed by atoms with Crippen LogP contribution >= 0.6 is 0 Å². The molecule has 3 rings (SSSR count). The Morgan fingerprint density at radius 3 is 2.72 bits per heavy atom. The van der Waals surface area contributed by atoms with Crippen molar-refractivity contribution >= 4 is 23.0 Å². The van der Waals surface area contributed by atoms with Gasteiger partial charge in [-0.25, -0.2) is 0 Å². The topological polar surface area (TPSA) is 93.9 Å². The Bertz CT molecular complexity index is 880. The van der Waals surface area contributed by atoms with Gasteiger partial charge in [0, 0.05) is 30.8 Å². The van der Waals surface area contributed by atoms with Gasteiger partial charge in [-0.2, -0.15) is 0 Å². The molecule has 1 amide bonds. The molecule has 29 heavy (non-hydrogen) atoms. The van der Waals surface area contributed by atoms with Crippen molar-refractivity contribution < 1.29 is 19.2 Å². The molecule has 1 fully saturated rings. The molecule has 0 spiro atoms. The van der Waals surface area contributed by atoms with Gasteiger partial charge < -0.3 is 19.7 Å². The van der Waals surface area contributed by atoms with Crippen molar-refractivity contribution in [2.24, 2.45) is 0 Å². The fraction of sp³-hybridized carbons (Fsp3) is 0.381. The van der Waals surface area contributed by atoms with Crippen LogP contribution in [0.3, 0.4) is 0 Å². The van der Waals surface area contributed by atoms with Gasteiger partial charge in [0.1, 0.15) is 5.75 Å². The van der Waals surface area contributed by atoms with Gasteiger partial charge in [-0.05, 0) is 37.6 Å². The first kappa shape index (κ1) is 20.6. The minimum atomic E-state index is -0.439. The van der Waals surface area contributed by atoms with Gasteiger partial charge in [0.2, 0.25) is 0 Å². The largest absolute Gasteiger partial charge is 0.491 e. The second-order valence-corrected chi connectivity index (χ2v) is 6.88. The molecule has 8 nitrogen and oxygen atoms in total. The predicted molar refractivity (Wildman–Crippen MR) is 111 cm³/mol. The molecule has 8 heteroatoms. The van der Waals surface area contributed by atoms with Crippen molar-refractivity contribution in [1.82, 2.24) is 0 Å². The van der Waals surface area contributed by atoms with E-state index in [2.05, 4.69) is 5.32 Å². The zero-order chi connectivity index (χ0) is 20.8. The third-order valence-electron chi connectivity index (χ3n) is 4.80. The molecule has 2 aromatic rings. The Morgan fingerprint density at radius 2 is 2.03 bits per heavy atom. The molecule has 0 aliphatic carbocycles. The summed E-state index contributed by atoms with van der Waals surface area (Å²) in [4.78, 5) is 25.6. The quantitative estimate of drug-likeness (QED) is 0.561. The van der Waals surface area contributed by atoms with Gasteiger partial charge in [-0.1, -0.05) is 13.0 Å². The average Bonchev–Trinajstić information content (AvgIpc) is 2.74. The van der Waals surface area contributed by atoms with Crippen LogP contribution in [0.2, 0.25) is 0 Å². The van der Waals surface area contributed by atoms with Crippen LogP contribution < -0.4 is 15.0 Å². The van der Waals surface area contributed by atoms with E-state index in [9.17, 15) is 14.9 Å². The lowest BCUT2D eigenvalue weighted by atomic mass is 10.1. The number of ether oxygens (including phenoxy) is 2. The minimum Gasteiger partial charge on any atom is -0.491 e. The molecule has 1 heterocycles. The summed E-state index contributed by atoms with van der Waals surface area (Å²) in [6, 6.07) is 11.4. The van der Waals surface area contributed by atoms with E-state index in [0.29, 0.717) is 49.0 Å². The smallest absolute Gasteiger partial charge is 0.271 e. The Labute approximate surface area is 169 Å². The van der Waals surface area contributed by atoms with Crippen molar-refractivity contribution in [3.05, 3.63) is 58.1 Å². The predicted octanol–water partition coefficient (Wildman–Crippen LogP) is 3.86. The van der Waals surface area contributed by atoms with E-state index in [-0.39, 0.29) is 17.7 Å². The lowest BCUT2D eigenvalue weighted by Gasteiger charge is -2.30. The number of benzene rings is 2. The highest BCUT2D eigenvalue weighted by Gasteiger charge is 2.20. The molecule has 0 bridgehead atoms. The maximum atomic E-state index is 12.8. The highest BCUT2D eigenvalue weighted by molar-refractivity contribution is 6.06. The van der Waals surface area contributed by atoms with Gasteiger partial charge in [-0.15, -0.1) is 0 Å². The fourth-order valence-electron chi connectivity index (χ4n) is 3.03. The zero-order valence-electron chi connectivity index (χ0n) is 16.6. The molecule has 0 aromatic heterocycles. The number of anilines is 2. The molecule has 0 saturated carbocycles. The molecule has 1 aliphatic rings. The van der Waals surface area contributed by atoms with Gasteiger partial charge in [-0.3, -0.25) is 14.9 Å². The number of nitro groups is 1. The van der Waals surface area contributed by atoms with Crippen molar-refractivity contribution in [2.45, 2.75) is 26.4 Å². The summed E-state index contributed by atoms with van der Waals surface area (Å²) >= 11 is 0. The Kier molecular flexibility index (Phi) is 6.66. The maximum Gasteiger partial charge on any atom is 0.271 e. The van der Waals surface area contributed by atoms with Crippen LogP contribution in [0.5, 0.6) is 5.75 Å². The third-order valence-corrected chi connectivity index (χ3v) is 4.80. The van der Waals surface area contributed by atoms with E-state index >= 15 is 0 Å². The van der Waals surface area contributed by atoms with Crippen molar-refractivity contribution in [3.63, 3.8) is 0 Å². The molecule has 0 radical (unpaired) electrons. The molecular weight excluding hydrogens is 374 g/mol. The van der Waals surface area contributed by atoms with Gasteiger partial charge in [0.25, 0.3) is 11.6 Å². The number of non-ortho nitro benzene ring substituents is 1. The fourth-order valence-corrected chi connectivity index (χ4v) is 3.03. The van der Waals surface area contributed by atoms with Crippen LogP contribution in [0, 0.1) is 10.1 Å². The van der Waals surface area contributed by atoms with Gasteiger partial charge >= 0.3 is 0 Å². The van der Waals surface area contributed by atoms with E-state index in [0.717, 1.165) is 6.42 Å². The number of nitrogens with zero attached hydrogens (tertiary/aromatic N) is 2. The van der Waals surface area contributed by atoms with E-state index in [4.69, 9.17) is 9.47 Å². The minimum absolute atomic E-state index is 0.0200. The molecule has 0 unspecified atom stereocenters. The number of nitrogens with one attached hydrogen (secondary N) is 1. The number of hydrogen-bond acceptors (Lipinski definition) is 6. The second-order valence-electron chi connectivity index (χ2n) is 6.88. The van der Waals surface area contributed by atoms with Crippen LogP contribution in [-0.4, -0.2) is 43.2 Å². The van der Waals surface area contributed by atoms with Crippen LogP contribution in [-0.2, 0) is 4.74 Å². The summed E-state index contributed by atoms with van der Waals surface area (Å²) in [5.74, 6) is 0.326. The van der Waals surface area contributed by atoms with E-state index in [1.165, 1.54) is 12.1 Å². The van der Waals surface area contributed by atoms with E-state index in [1.807, 2.05) is 24.8 Å². The summed E-state index contributed by atoms with van der Waals surface area (Å²) < 4.78 is 11.2. The van der Waals surface area contributed by atoms with Crippen LogP contribution in [0.15, 0.2) is 42.5 Å². The van der Waals surface area contributed by atoms with Crippen molar-refractivity contribution in [2.75, 3.05) is 36.5 Å². The summed E-state index contributed by atoms with van der Waals surface area (Å²) in [5.41, 5.74) is 1.57. The summed E-state index contributed by atoms with van der Waals surface area (Å²) in [5, 5.41) is 14.1. The highest BCUT2D eigenvalue weighted by atomic mass is 16.6. The lowest BCUT2D eigenvalue weighted by molar-refractivity contribution is -0.384. The first-order valence-corrected chi connectivity index (χ1v) is 9.67. The average molecular weight is 399 g/mol. The maximum absolute atomic E-state index is 12.8. The lowest BCUT2D eigenvalue weighted by Crippen LogP contribution is -2.36. The number of carbonyl (C=O) groups excluding carboxylic acids is 1. The Balaban J connectivity index is 1.84. The van der Waals surface area contributed by atoms with Crippen molar-refractivity contribution in [3.8, 4) is 5.75 Å². The van der Waals surface area contributed by atoms with Gasteiger partial charge in [0.15, 0.2) is 0 Å². The zero-order valence-corrected chi connectivity index (χ0v) is 16.6. The normalized spacial score (nSPS) is 14.9. The van der Waals surface area contributed by atoms with Gasteiger partial charge in [0.05, 0.1) is 35.6 Å². The van der Waals surface area contributed by atoms with E-state index in [1.54, 1.807) is 24.3 Å². The van der Waals surface area contributed by atoms with Crippen molar-refractivity contribution in [1.29, 1.82) is 0 Å². The Morgan fingerprint density at radius 1 is 1.28 bits per heavy atom. The number of amides is 1. The van der Waals surface area contributed by atoms with Crippen LogP contribution in [0.25, 0.3) is 0 Å². The molecule has 154 valence electrons. The third kappa shape index (κ3) is 5.23. The number of hydrogen-bond donors (Lipinski definition) is 1. The number of carbonyl (C=O) groups is 1. The SMILES string of the molecule is CC[C@H](C)Oc1cccc(C(=O)Nc2ccc([N+](=O)[O-])cc2N2CCOCC2)c1. The molecule has 1 saturated heterocycles. The number of morpholine rings is 1. The second kappa shape index (κ2) is 9.38. The van der Waals surface area contributed by atoms with E-state index < -0.39 is 4.92 Å². The molecule has 1 atom stereocenters. The van der Waals surface area contributed by atoms with Crippen LogP contribution in [0.1, 0.15) is 30.6 Å². The monoisotopic (exact) mass is 399 g/mol. The summed E-state index contributed by atoms with van der Waals surface area (Å²) in [7, 11) is 0. The number of nitro benzene ring substituents is 1. The molecular formula is C21H25N3O5. The summed E-state index contributed by atoms with van der Waals surface area (Å²) in [6.07, 6.45) is 0.915. The molecule has 1 N–H and O–H groups in total. The first-order chi connectivity index (χ1) is 14.0.